The Morgan fingerprint density at radius 2 is 2.15 bits per heavy atom. The third-order valence-corrected chi connectivity index (χ3v) is 4.40. The number of carboxylic acid groups (broad SMARTS) is 1. The van der Waals surface area contributed by atoms with Crippen LogP contribution in [0.15, 0.2) is 16.8 Å². The quantitative estimate of drug-likeness (QED) is 0.759. The van der Waals surface area contributed by atoms with Crippen molar-refractivity contribution in [3.05, 3.63) is 27.4 Å². The Hall–Kier alpha value is -1.28. The highest BCUT2D eigenvalue weighted by molar-refractivity contribution is 7.14. The van der Waals surface area contributed by atoms with Crippen LogP contribution in [0.4, 0.5) is 0 Å². The Bertz CT molecular complexity index is 564. The number of hydrogen-bond donors (Lipinski definition) is 1. The van der Waals surface area contributed by atoms with Crippen LogP contribution in [0.5, 0.6) is 0 Å². The fraction of sp³-hybridized carbons (Fsp3) is 0.385. The van der Waals surface area contributed by atoms with Crippen molar-refractivity contribution in [3.8, 4) is 10.6 Å². The van der Waals surface area contributed by atoms with E-state index in [1.54, 1.807) is 29.9 Å². The molecule has 7 heteroatoms. The highest BCUT2D eigenvalue weighted by Crippen LogP contribution is 2.28. The van der Waals surface area contributed by atoms with Crippen LogP contribution >= 0.6 is 22.7 Å². The van der Waals surface area contributed by atoms with Crippen LogP contribution in [0.1, 0.15) is 15.4 Å². The summed E-state index contributed by atoms with van der Waals surface area (Å²) in [5, 5.41) is 13.5. The second-order valence-corrected chi connectivity index (χ2v) is 5.84. The highest BCUT2D eigenvalue weighted by Gasteiger charge is 2.10. The van der Waals surface area contributed by atoms with Crippen LogP contribution in [-0.2, 0) is 15.9 Å². The van der Waals surface area contributed by atoms with Gasteiger partial charge in [-0.1, -0.05) is 0 Å². The minimum atomic E-state index is -0.908. The summed E-state index contributed by atoms with van der Waals surface area (Å²) in [4.78, 5) is 16.2. The Morgan fingerprint density at radius 3 is 2.85 bits per heavy atom. The summed E-state index contributed by atoms with van der Waals surface area (Å²) in [5.41, 5.74) is 1.14. The zero-order valence-corrected chi connectivity index (χ0v) is 12.6. The van der Waals surface area contributed by atoms with E-state index in [2.05, 4.69) is 4.98 Å². The molecule has 0 radical (unpaired) electrons. The molecule has 108 valence electrons. The molecule has 2 heterocycles. The van der Waals surface area contributed by atoms with Crippen LogP contribution in [0.25, 0.3) is 10.6 Å². The zero-order chi connectivity index (χ0) is 14.4. The SMILES string of the molecule is COCCOCCc1nc(-c2cc(C(=O)O)cs2)cs1. The molecule has 0 amide bonds. The maximum absolute atomic E-state index is 10.8. The Morgan fingerprint density at radius 1 is 1.30 bits per heavy atom. The van der Waals surface area contributed by atoms with E-state index < -0.39 is 5.97 Å². The normalized spacial score (nSPS) is 10.8. The summed E-state index contributed by atoms with van der Waals surface area (Å²) in [7, 11) is 1.64. The Kier molecular flexibility index (Phi) is 5.66. The van der Waals surface area contributed by atoms with Gasteiger partial charge in [0.15, 0.2) is 0 Å². The zero-order valence-electron chi connectivity index (χ0n) is 11.0. The molecule has 0 atom stereocenters. The van der Waals surface area contributed by atoms with E-state index in [4.69, 9.17) is 14.6 Å². The lowest BCUT2D eigenvalue weighted by molar-refractivity contribution is 0.0697. The van der Waals surface area contributed by atoms with Gasteiger partial charge in [-0.25, -0.2) is 9.78 Å². The lowest BCUT2D eigenvalue weighted by atomic mass is 10.3. The van der Waals surface area contributed by atoms with E-state index >= 15 is 0 Å². The number of thiophene rings is 1. The number of nitrogens with zero attached hydrogens (tertiary/aromatic N) is 1. The first-order chi connectivity index (χ1) is 9.70. The summed E-state index contributed by atoms with van der Waals surface area (Å²) in [5.74, 6) is -0.908. The van der Waals surface area contributed by atoms with Gasteiger partial charge in [0, 0.05) is 24.3 Å². The van der Waals surface area contributed by atoms with Gasteiger partial charge in [-0.2, -0.15) is 0 Å². The molecule has 0 aliphatic carbocycles. The number of methoxy groups -OCH3 is 1. The van der Waals surface area contributed by atoms with Gasteiger partial charge in [-0.15, -0.1) is 22.7 Å². The van der Waals surface area contributed by atoms with Crippen LogP contribution in [0, 0.1) is 0 Å². The monoisotopic (exact) mass is 313 g/mol. The van der Waals surface area contributed by atoms with Gasteiger partial charge in [0.1, 0.15) is 0 Å². The van der Waals surface area contributed by atoms with Crippen LogP contribution in [-0.4, -0.2) is 43.0 Å². The van der Waals surface area contributed by atoms with Crippen molar-refractivity contribution < 1.29 is 19.4 Å². The molecule has 0 aromatic carbocycles. The van der Waals surface area contributed by atoms with Crippen LogP contribution in [0.2, 0.25) is 0 Å². The second kappa shape index (κ2) is 7.49. The molecule has 0 bridgehead atoms. The number of aromatic carboxylic acids is 1. The number of ether oxygens (including phenoxy) is 2. The lowest BCUT2D eigenvalue weighted by Crippen LogP contribution is -2.04. The van der Waals surface area contributed by atoms with Crippen molar-refractivity contribution in [1.29, 1.82) is 0 Å². The van der Waals surface area contributed by atoms with Gasteiger partial charge in [0.05, 0.1) is 41.0 Å². The molecular formula is C13H15NO4S2. The number of aromatic nitrogens is 1. The number of rotatable bonds is 8. The molecule has 1 N–H and O–H groups in total. The topological polar surface area (TPSA) is 68.7 Å². The van der Waals surface area contributed by atoms with Gasteiger partial charge >= 0.3 is 5.97 Å². The predicted octanol–water partition coefficient (Wildman–Crippen LogP) is 2.78. The van der Waals surface area contributed by atoms with E-state index in [0.717, 1.165) is 22.0 Å². The third-order valence-electron chi connectivity index (χ3n) is 2.54. The Labute approximate surface area is 124 Å². The molecule has 0 fully saturated rings. The molecule has 5 nitrogen and oxygen atoms in total. The smallest absolute Gasteiger partial charge is 0.336 e. The molecule has 0 unspecified atom stereocenters. The minimum Gasteiger partial charge on any atom is -0.478 e. The molecule has 0 saturated heterocycles. The first kappa shape index (κ1) is 15.1. The Balaban J connectivity index is 1.89. The first-order valence-electron chi connectivity index (χ1n) is 6.04. The number of carbonyl (C=O) groups is 1. The molecule has 2 rings (SSSR count). The van der Waals surface area contributed by atoms with Crippen LogP contribution in [0.3, 0.4) is 0 Å². The fourth-order valence-corrected chi connectivity index (χ4v) is 3.22. The van der Waals surface area contributed by atoms with Crippen molar-refractivity contribution in [2.45, 2.75) is 6.42 Å². The third kappa shape index (κ3) is 4.11. The van der Waals surface area contributed by atoms with Gasteiger partial charge in [0.2, 0.25) is 0 Å². The summed E-state index contributed by atoms with van der Waals surface area (Å²) in [6, 6.07) is 1.65. The summed E-state index contributed by atoms with van der Waals surface area (Å²) in [6.07, 6.45) is 0.755. The van der Waals surface area contributed by atoms with E-state index in [1.807, 2.05) is 5.38 Å². The molecule has 20 heavy (non-hydrogen) atoms. The maximum Gasteiger partial charge on any atom is 0.336 e. The molecule has 0 saturated carbocycles. The molecular weight excluding hydrogens is 298 g/mol. The standard InChI is InChI=1S/C13H15NO4S2/c1-17-4-5-18-3-2-12-14-10(8-20-12)11-6-9(7-19-11)13(15)16/h6-8H,2-5H2,1H3,(H,15,16). The second-order valence-electron chi connectivity index (χ2n) is 3.99. The average Bonchev–Trinajstić information content (AvgIpc) is 3.07. The maximum atomic E-state index is 10.8. The van der Waals surface area contributed by atoms with Gasteiger partial charge < -0.3 is 14.6 Å². The highest BCUT2D eigenvalue weighted by atomic mass is 32.1. The van der Waals surface area contributed by atoms with E-state index in [9.17, 15) is 4.79 Å². The molecule has 2 aromatic heterocycles. The molecule has 2 aromatic rings. The summed E-state index contributed by atoms with van der Waals surface area (Å²) < 4.78 is 10.3. The minimum absolute atomic E-state index is 0.308. The van der Waals surface area contributed by atoms with E-state index in [0.29, 0.717) is 25.4 Å². The summed E-state index contributed by atoms with van der Waals surface area (Å²) >= 11 is 2.96. The van der Waals surface area contributed by atoms with Crippen molar-refractivity contribution in [1.82, 2.24) is 4.98 Å². The average molecular weight is 313 g/mol. The molecule has 0 aliphatic heterocycles. The van der Waals surface area contributed by atoms with Crippen LogP contribution < -0.4 is 0 Å². The van der Waals surface area contributed by atoms with Crippen molar-refractivity contribution in [3.63, 3.8) is 0 Å². The largest absolute Gasteiger partial charge is 0.478 e. The van der Waals surface area contributed by atoms with Gasteiger partial charge in [0.25, 0.3) is 0 Å². The van der Waals surface area contributed by atoms with Crippen molar-refractivity contribution >= 4 is 28.6 Å². The van der Waals surface area contributed by atoms with Gasteiger partial charge in [-0.3, -0.25) is 0 Å². The predicted molar refractivity (Wildman–Crippen MR) is 78.8 cm³/mol. The van der Waals surface area contributed by atoms with Crippen molar-refractivity contribution in [2.75, 3.05) is 26.9 Å². The van der Waals surface area contributed by atoms with Crippen molar-refractivity contribution in [2.24, 2.45) is 0 Å². The molecule has 0 aliphatic rings. The lowest BCUT2D eigenvalue weighted by Gasteiger charge is -2.00. The fourth-order valence-electron chi connectivity index (χ4n) is 1.53. The number of carboxylic acids is 1. The van der Waals surface area contributed by atoms with E-state index in [-0.39, 0.29) is 0 Å². The summed E-state index contributed by atoms with van der Waals surface area (Å²) in [6.45, 7) is 1.79. The van der Waals surface area contributed by atoms with E-state index in [1.165, 1.54) is 11.3 Å². The first-order valence-corrected chi connectivity index (χ1v) is 7.80. The number of thiazole rings is 1. The molecule has 0 spiro atoms. The number of hydrogen-bond acceptors (Lipinski definition) is 6. The van der Waals surface area contributed by atoms with Gasteiger partial charge in [-0.05, 0) is 6.07 Å².